The normalized spacial score (nSPS) is 11.8. The molecule has 1 aromatic carbocycles. The Labute approximate surface area is 115 Å². The largest absolute Gasteiger partial charge is 0.481 e. The molecule has 1 unspecified atom stereocenters. The zero-order valence-corrected chi connectivity index (χ0v) is 10.9. The minimum absolute atomic E-state index is 0.194. The summed E-state index contributed by atoms with van der Waals surface area (Å²) < 4.78 is 4.83. The summed E-state index contributed by atoms with van der Waals surface area (Å²) in [5.74, 6) is -0.996. The maximum Gasteiger partial charge on any atom is 0.305 e. The van der Waals surface area contributed by atoms with Gasteiger partial charge < -0.3 is 14.9 Å². The van der Waals surface area contributed by atoms with Gasteiger partial charge in [-0.3, -0.25) is 9.59 Å². The van der Waals surface area contributed by atoms with E-state index in [9.17, 15) is 9.59 Å². The van der Waals surface area contributed by atoms with Crippen LogP contribution in [0.5, 0.6) is 0 Å². The summed E-state index contributed by atoms with van der Waals surface area (Å²) in [5.41, 5.74) is 1.04. The van der Waals surface area contributed by atoms with Crippen molar-refractivity contribution in [1.29, 1.82) is 0 Å². The molecule has 2 N–H and O–H groups in total. The molecule has 1 heterocycles. The van der Waals surface area contributed by atoms with Gasteiger partial charge in [0.05, 0.1) is 18.7 Å². The number of nitrogens with one attached hydrogen (secondary N) is 1. The SMILES string of the molecule is Cc1oncc1C(=O)NC(CC(=O)O)c1ccccc1. The van der Waals surface area contributed by atoms with Crippen LogP contribution in [0.25, 0.3) is 0 Å². The van der Waals surface area contributed by atoms with E-state index in [0.29, 0.717) is 11.3 Å². The third-order valence-corrected chi connectivity index (χ3v) is 2.88. The van der Waals surface area contributed by atoms with E-state index in [1.165, 1.54) is 6.20 Å². The Morgan fingerprint density at radius 3 is 2.60 bits per heavy atom. The van der Waals surface area contributed by atoms with Crippen molar-refractivity contribution in [1.82, 2.24) is 10.5 Å². The first-order valence-electron chi connectivity index (χ1n) is 6.07. The Hall–Kier alpha value is -2.63. The second-order valence-corrected chi connectivity index (χ2v) is 4.33. The summed E-state index contributed by atoms with van der Waals surface area (Å²) in [6, 6.07) is 8.35. The van der Waals surface area contributed by atoms with Crippen LogP contribution in [-0.2, 0) is 4.79 Å². The van der Waals surface area contributed by atoms with Crippen molar-refractivity contribution in [3.63, 3.8) is 0 Å². The molecule has 2 aromatic rings. The second-order valence-electron chi connectivity index (χ2n) is 4.33. The van der Waals surface area contributed by atoms with Gasteiger partial charge in [-0.25, -0.2) is 0 Å². The number of amides is 1. The molecule has 1 atom stereocenters. The summed E-state index contributed by atoms with van der Waals surface area (Å²) in [6.07, 6.45) is 1.12. The lowest BCUT2D eigenvalue weighted by Crippen LogP contribution is -2.30. The fourth-order valence-corrected chi connectivity index (χ4v) is 1.86. The minimum Gasteiger partial charge on any atom is -0.481 e. The number of rotatable bonds is 5. The predicted molar refractivity (Wildman–Crippen MR) is 70.1 cm³/mol. The molecule has 0 aliphatic carbocycles. The summed E-state index contributed by atoms with van der Waals surface area (Å²) in [4.78, 5) is 23.0. The van der Waals surface area contributed by atoms with Gasteiger partial charge in [-0.15, -0.1) is 0 Å². The van der Waals surface area contributed by atoms with E-state index in [2.05, 4.69) is 10.5 Å². The van der Waals surface area contributed by atoms with Gasteiger partial charge in [-0.2, -0.15) is 0 Å². The number of carbonyl (C=O) groups is 2. The van der Waals surface area contributed by atoms with Crippen LogP contribution >= 0.6 is 0 Å². The molecule has 0 spiro atoms. The van der Waals surface area contributed by atoms with Crippen LogP contribution in [0.1, 0.15) is 34.1 Å². The average molecular weight is 274 g/mol. The van der Waals surface area contributed by atoms with Crippen LogP contribution in [0.4, 0.5) is 0 Å². The molecule has 2 rings (SSSR count). The number of aromatic nitrogens is 1. The molecular weight excluding hydrogens is 260 g/mol. The number of aryl methyl sites for hydroxylation is 1. The van der Waals surface area contributed by atoms with Crippen molar-refractivity contribution in [2.75, 3.05) is 0 Å². The molecule has 104 valence electrons. The first kappa shape index (κ1) is 13.8. The minimum atomic E-state index is -0.985. The molecule has 0 aliphatic rings. The fourth-order valence-electron chi connectivity index (χ4n) is 1.86. The molecule has 20 heavy (non-hydrogen) atoms. The number of carboxylic acid groups (broad SMARTS) is 1. The topological polar surface area (TPSA) is 92.4 Å². The van der Waals surface area contributed by atoms with E-state index < -0.39 is 17.9 Å². The Bertz CT molecular complexity index is 607. The van der Waals surface area contributed by atoms with Crippen molar-refractivity contribution in [3.8, 4) is 0 Å². The average Bonchev–Trinajstić information content (AvgIpc) is 2.85. The van der Waals surface area contributed by atoms with E-state index in [0.717, 1.165) is 5.56 Å². The molecule has 0 fully saturated rings. The lowest BCUT2D eigenvalue weighted by Gasteiger charge is -2.17. The number of aliphatic carboxylic acids is 1. The van der Waals surface area contributed by atoms with Gasteiger partial charge in [0.25, 0.3) is 5.91 Å². The number of benzene rings is 1. The number of nitrogens with zero attached hydrogens (tertiary/aromatic N) is 1. The third-order valence-electron chi connectivity index (χ3n) is 2.88. The number of carbonyl (C=O) groups excluding carboxylic acids is 1. The van der Waals surface area contributed by atoms with Gasteiger partial charge in [0.2, 0.25) is 0 Å². The van der Waals surface area contributed by atoms with Crippen molar-refractivity contribution in [2.45, 2.75) is 19.4 Å². The maximum atomic E-state index is 12.1. The van der Waals surface area contributed by atoms with Gasteiger partial charge in [0.1, 0.15) is 11.3 Å². The molecule has 6 nitrogen and oxygen atoms in total. The molecule has 0 radical (unpaired) electrons. The monoisotopic (exact) mass is 274 g/mol. The van der Waals surface area contributed by atoms with Gasteiger partial charge in [0.15, 0.2) is 0 Å². The Morgan fingerprint density at radius 2 is 2.05 bits per heavy atom. The van der Waals surface area contributed by atoms with Crippen LogP contribution in [0, 0.1) is 6.92 Å². The van der Waals surface area contributed by atoms with Crippen molar-refractivity contribution in [3.05, 3.63) is 53.4 Å². The van der Waals surface area contributed by atoms with Gasteiger partial charge in [-0.05, 0) is 12.5 Å². The van der Waals surface area contributed by atoms with Crippen LogP contribution in [0.3, 0.4) is 0 Å². The smallest absolute Gasteiger partial charge is 0.305 e. The predicted octanol–water partition coefficient (Wildman–Crippen LogP) is 1.93. The van der Waals surface area contributed by atoms with Crippen LogP contribution in [0.15, 0.2) is 41.1 Å². The van der Waals surface area contributed by atoms with E-state index in [-0.39, 0.29) is 6.42 Å². The molecule has 0 saturated heterocycles. The molecule has 6 heteroatoms. The quantitative estimate of drug-likeness (QED) is 0.869. The molecule has 0 saturated carbocycles. The molecule has 1 amide bonds. The third kappa shape index (κ3) is 3.23. The highest BCUT2D eigenvalue weighted by atomic mass is 16.5. The first-order chi connectivity index (χ1) is 9.58. The summed E-state index contributed by atoms with van der Waals surface area (Å²) >= 11 is 0. The Morgan fingerprint density at radius 1 is 1.35 bits per heavy atom. The van der Waals surface area contributed by atoms with Crippen LogP contribution in [0.2, 0.25) is 0 Å². The first-order valence-corrected chi connectivity index (χ1v) is 6.07. The highest BCUT2D eigenvalue weighted by Gasteiger charge is 2.21. The van der Waals surface area contributed by atoms with E-state index in [4.69, 9.17) is 9.63 Å². The molecular formula is C14H14N2O4. The van der Waals surface area contributed by atoms with Crippen LogP contribution < -0.4 is 5.32 Å². The zero-order chi connectivity index (χ0) is 14.5. The standard InChI is InChI=1S/C14H14N2O4/c1-9-11(8-15-20-9)14(19)16-12(7-13(17)18)10-5-3-2-4-6-10/h2-6,8,12H,7H2,1H3,(H,16,19)(H,17,18). The fraction of sp³-hybridized carbons (Fsp3) is 0.214. The number of carboxylic acids is 1. The van der Waals surface area contributed by atoms with Crippen LogP contribution in [-0.4, -0.2) is 22.1 Å². The van der Waals surface area contributed by atoms with E-state index in [1.54, 1.807) is 31.2 Å². The highest BCUT2D eigenvalue weighted by Crippen LogP contribution is 2.18. The molecule has 0 aliphatic heterocycles. The summed E-state index contributed by atoms with van der Waals surface area (Å²) in [6.45, 7) is 1.62. The zero-order valence-electron chi connectivity index (χ0n) is 10.9. The van der Waals surface area contributed by atoms with E-state index >= 15 is 0 Å². The Balaban J connectivity index is 2.18. The lowest BCUT2D eigenvalue weighted by molar-refractivity contribution is -0.137. The van der Waals surface area contributed by atoms with Crippen molar-refractivity contribution in [2.24, 2.45) is 0 Å². The maximum absolute atomic E-state index is 12.1. The van der Waals surface area contributed by atoms with Crippen molar-refractivity contribution < 1.29 is 19.2 Å². The molecule has 0 bridgehead atoms. The number of hydrogen-bond acceptors (Lipinski definition) is 4. The highest BCUT2D eigenvalue weighted by molar-refractivity contribution is 5.95. The van der Waals surface area contributed by atoms with Crippen molar-refractivity contribution >= 4 is 11.9 Å². The van der Waals surface area contributed by atoms with Gasteiger partial charge >= 0.3 is 5.97 Å². The summed E-state index contributed by atoms with van der Waals surface area (Å²) in [7, 11) is 0. The van der Waals surface area contributed by atoms with Gasteiger partial charge in [0, 0.05) is 0 Å². The Kier molecular flexibility index (Phi) is 4.14. The lowest BCUT2D eigenvalue weighted by atomic mass is 10.0. The van der Waals surface area contributed by atoms with E-state index in [1.807, 2.05) is 6.07 Å². The molecule has 1 aromatic heterocycles. The summed E-state index contributed by atoms with van der Waals surface area (Å²) in [5, 5.41) is 15.2. The second kappa shape index (κ2) is 6.01. The number of hydrogen-bond donors (Lipinski definition) is 2. The van der Waals surface area contributed by atoms with Gasteiger partial charge in [-0.1, -0.05) is 35.5 Å².